The molecule has 0 spiro atoms. The van der Waals surface area contributed by atoms with Gasteiger partial charge in [-0.15, -0.1) is 0 Å². The summed E-state index contributed by atoms with van der Waals surface area (Å²) in [5.74, 6) is 1.23. The number of anilines is 1. The number of nitro groups is 1. The van der Waals surface area contributed by atoms with Gasteiger partial charge in [0.25, 0.3) is 11.6 Å². The Balaban J connectivity index is 2.34. The molecule has 0 aliphatic carbocycles. The number of ether oxygens (including phenoxy) is 2. The van der Waals surface area contributed by atoms with Crippen LogP contribution in [0, 0.1) is 10.1 Å². The molecule has 1 N–H and O–H groups in total. The molecule has 1 aromatic heterocycles. The minimum absolute atomic E-state index is 0.0284. The second kappa shape index (κ2) is 6.23. The quantitative estimate of drug-likeness (QED) is 0.669. The number of halogens is 1. The third kappa shape index (κ3) is 3.11. The van der Waals surface area contributed by atoms with Crippen molar-refractivity contribution in [3.8, 4) is 17.4 Å². The first-order chi connectivity index (χ1) is 10.1. The Morgan fingerprint density at radius 3 is 2.71 bits per heavy atom. The fourth-order valence-corrected chi connectivity index (χ4v) is 1.84. The van der Waals surface area contributed by atoms with Crippen molar-refractivity contribution in [3.63, 3.8) is 0 Å². The van der Waals surface area contributed by atoms with E-state index >= 15 is 0 Å². The number of nitrogens with one attached hydrogen (secondary N) is 1. The lowest BCUT2D eigenvalue weighted by atomic mass is 10.3. The van der Waals surface area contributed by atoms with Crippen molar-refractivity contribution in [2.75, 3.05) is 19.5 Å². The molecular formula is C12H11ClN4O4. The van der Waals surface area contributed by atoms with E-state index in [1.54, 1.807) is 7.05 Å². The van der Waals surface area contributed by atoms with Crippen molar-refractivity contribution in [1.29, 1.82) is 0 Å². The first kappa shape index (κ1) is 14.8. The zero-order chi connectivity index (χ0) is 15.4. The SMILES string of the molecule is CNc1ncnc(Oc2ccc([N+](=O)[O-])c(Cl)c2)c1OC. The van der Waals surface area contributed by atoms with Gasteiger partial charge in [0.2, 0.25) is 5.75 Å². The van der Waals surface area contributed by atoms with Crippen LogP contribution < -0.4 is 14.8 Å². The summed E-state index contributed by atoms with van der Waals surface area (Å²) in [6, 6.07) is 4.01. The lowest BCUT2D eigenvalue weighted by molar-refractivity contribution is -0.384. The number of hydrogen-bond acceptors (Lipinski definition) is 7. The first-order valence-corrected chi connectivity index (χ1v) is 6.13. The molecule has 0 saturated heterocycles. The molecule has 0 saturated carbocycles. The van der Waals surface area contributed by atoms with Crippen molar-refractivity contribution < 1.29 is 14.4 Å². The molecule has 0 amide bonds. The fraction of sp³-hybridized carbons (Fsp3) is 0.167. The van der Waals surface area contributed by atoms with Crippen molar-refractivity contribution in [2.45, 2.75) is 0 Å². The molecule has 2 rings (SSSR count). The van der Waals surface area contributed by atoms with Crippen LogP contribution in [-0.4, -0.2) is 29.0 Å². The van der Waals surface area contributed by atoms with Gasteiger partial charge < -0.3 is 14.8 Å². The minimum atomic E-state index is -0.573. The van der Waals surface area contributed by atoms with Crippen LogP contribution in [0.3, 0.4) is 0 Å². The normalized spacial score (nSPS) is 10.0. The van der Waals surface area contributed by atoms with Crippen LogP contribution in [-0.2, 0) is 0 Å². The number of aromatic nitrogens is 2. The molecule has 0 radical (unpaired) electrons. The summed E-state index contributed by atoms with van der Waals surface area (Å²) in [4.78, 5) is 18.1. The lowest BCUT2D eigenvalue weighted by Gasteiger charge is -2.11. The predicted octanol–water partition coefficient (Wildman–Crippen LogP) is 2.88. The van der Waals surface area contributed by atoms with E-state index in [2.05, 4.69) is 15.3 Å². The monoisotopic (exact) mass is 310 g/mol. The van der Waals surface area contributed by atoms with Gasteiger partial charge in [-0.1, -0.05) is 11.6 Å². The minimum Gasteiger partial charge on any atom is -0.489 e. The van der Waals surface area contributed by atoms with Crippen LogP contribution in [0.15, 0.2) is 24.5 Å². The average molecular weight is 311 g/mol. The van der Waals surface area contributed by atoms with E-state index < -0.39 is 4.92 Å². The average Bonchev–Trinajstić information content (AvgIpc) is 2.46. The van der Waals surface area contributed by atoms with E-state index in [-0.39, 0.29) is 16.6 Å². The smallest absolute Gasteiger partial charge is 0.288 e. The van der Waals surface area contributed by atoms with Gasteiger partial charge in [-0.25, -0.2) is 4.98 Å². The summed E-state index contributed by atoms with van der Waals surface area (Å²) in [6.45, 7) is 0. The molecule has 0 atom stereocenters. The van der Waals surface area contributed by atoms with E-state index in [4.69, 9.17) is 21.1 Å². The standard InChI is InChI=1S/C12H11ClN4O4/c1-14-11-10(20-2)12(16-6-15-11)21-7-3-4-9(17(18)19)8(13)5-7/h3-6H,1-2H3,(H,14,15,16). The van der Waals surface area contributed by atoms with E-state index in [1.807, 2.05) is 0 Å². The molecule has 9 heteroatoms. The largest absolute Gasteiger partial charge is 0.489 e. The maximum absolute atomic E-state index is 10.7. The van der Waals surface area contributed by atoms with Crippen molar-refractivity contribution in [3.05, 3.63) is 39.7 Å². The summed E-state index contributed by atoms with van der Waals surface area (Å²) < 4.78 is 10.7. The Labute approximate surface area is 124 Å². The number of nitrogens with zero attached hydrogens (tertiary/aromatic N) is 3. The summed E-state index contributed by atoms with van der Waals surface area (Å²) in [6.07, 6.45) is 1.30. The van der Waals surface area contributed by atoms with Gasteiger partial charge in [0, 0.05) is 19.2 Å². The molecule has 0 aliphatic rings. The molecule has 0 aliphatic heterocycles. The van der Waals surface area contributed by atoms with Gasteiger partial charge in [-0.2, -0.15) is 4.98 Å². The summed E-state index contributed by atoms with van der Waals surface area (Å²) in [7, 11) is 3.13. The Kier molecular flexibility index (Phi) is 4.39. The van der Waals surface area contributed by atoms with Gasteiger partial charge >= 0.3 is 0 Å². The van der Waals surface area contributed by atoms with E-state index in [9.17, 15) is 10.1 Å². The molecule has 0 bridgehead atoms. The molecule has 8 nitrogen and oxygen atoms in total. The van der Waals surface area contributed by atoms with Gasteiger partial charge in [-0.3, -0.25) is 10.1 Å². The van der Waals surface area contributed by atoms with Crippen LogP contribution in [0.2, 0.25) is 5.02 Å². The summed E-state index contributed by atoms with van der Waals surface area (Å²) >= 11 is 5.82. The third-order valence-electron chi connectivity index (χ3n) is 2.54. The highest BCUT2D eigenvalue weighted by Crippen LogP contribution is 2.36. The maximum atomic E-state index is 10.7. The van der Waals surface area contributed by atoms with Crippen molar-refractivity contribution in [2.24, 2.45) is 0 Å². The highest BCUT2D eigenvalue weighted by Gasteiger charge is 2.16. The Morgan fingerprint density at radius 2 is 2.14 bits per heavy atom. The molecule has 110 valence electrons. The fourth-order valence-electron chi connectivity index (χ4n) is 1.60. The first-order valence-electron chi connectivity index (χ1n) is 5.75. The predicted molar refractivity (Wildman–Crippen MR) is 76.3 cm³/mol. The number of rotatable bonds is 5. The second-order valence-corrected chi connectivity index (χ2v) is 4.19. The Bertz CT molecular complexity index is 680. The second-order valence-electron chi connectivity index (χ2n) is 3.78. The van der Waals surface area contributed by atoms with E-state index in [0.29, 0.717) is 17.3 Å². The van der Waals surface area contributed by atoms with Crippen LogP contribution in [0.4, 0.5) is 11.5 Å². The maximum Gasteiger partial charge on any atom is 0.288 e. The molecule has 21 heavy (non-hydrogen) atoms. The number of nitro benzene ring substituents is 1. The van der Waals surface area contributed by atoms with Crippen LogP contribution in [0.5, 0.6) is 17.4 Å². The zero-order valence-electron chi connectivity index (χ0n) is 11.2. The van der Waals surface area contributed by atoms with Gasteiger partial charge in [0.15, 0.2) is 5.82 Å². The topological polar surface area (TPSA) is 99.4 Å². The molecule has 2 aromatic rings. The highest BCUT2D eigenvalue weighted by atomic mass is 35.5. The molecule has 0 unspecified atom stereocenters. The van der Waals surface area contributed by atoms with Crippen LogP contribution in [0.25, 0.3) is 0 Å². The van der Waals surface area contributed by atoms with Crippen molar-refractivity contribution in [1.82, 2.24) is 9.97 Å². The van der Waals surface area contributed by atoms with Gasteiger partial charge in [0.05, 0.1) is 12.0 Å². The number of methoxy groups -OCH3 is 1. The van der Waals surface area contributed by atoms with Gasteiger partial charge in [-0.05, 0) is 6.07 Å². The number of benzene rings is 1. The summed E-state index contributed by atoms with van der Waals surface area (Å²) in [5.41, 5.74) is -0.199. The lowest BCUT2D eigenvalue weighted by Crippen LogP contribution is -2.01. The third-order valence-corrected chi connectivity index (χ3v) is 2.85. The van der Waals surface area contributed by atoms with Crippen molar-refractivity contribution >= 4 is 23.1 Å². The van der Waals surface area contributed by atoms with Crippen LogP contribution >= 0.6 is 11.6 Å². The summed E-state index contributed by atoms with van der Waals surface area (Å²) in [5, 5.41) is 13.5. The van der Waals surface area contributed by atoms with Gasteiger partial charge in [0.1, 0.15) is 17.1 Å². The van der Waals surface area contributed by atoms with E-state index in [0.717, 1.165) is 0 Å². The molecule has 1 heterocycles. The molecular weight excluding hydrogens is 300 g/mol. The van der Waals surface area contributed by atoms with E-state index in [1.165, 1.54) is 31.6 Å². The molecule has 1 aromatic carbocycles. The van der Waals surface area contributed by atoms with Crippen LogP contribution in [0.1, 0.15) is 0 Å². The Hall–Kier alpha value is -2.61. The number of hydrogen-bond donors (Lipinski definition) is 1. The molecule has 0 fully saturated rings. The highest BCUT2D eigenvalue weighted by molar-refractivity contribution is 6.32. The Morgan fingerprint density at radius 1 is 1.38 bits per heavy atom. The zero-order valence-corrected chi connectivity index (χ0v) is 11.9.